The van der Waals surface area contributed by atoms with Gasteiger partial charge in [0, 0.05) is 13.5 Å². The zero-order chi connectivity index (χ0) is 16.8. The summed E-state index contributed by atoms with van der Waals surface area (Å²) in [5.41, 5.74) is 0.896. The lowest BCUT2D eigenvalue weighted by atomic mass is 9.72. The van der Waals surface area contributed by atoms with E-state index in [2.05, 4.69) is 15.4 Å². The largest absolute Gasteiger partial charge is 0.256 e. The summed E-state index contributed by atoms with van der Waals surface area (Å²) < 4.78 is 31.7. The number of nitrogens with zero attached hydrogens (tertiary/aromatic N) is 5. The minimum Gasteiger partial charge on any atom is -0.256 e. The topological polar surface area (TPSA) is 48.5 Å². The van der Waals surface area contributed by atoms with Crippen LogP contribution in [0.3, 0.4) is 0 Å². The summed E-state index contributed by atoms with van der Waals surface area (Å²) in [7, 11) is 1.74. The van der Waals surface area contributed by atoms with Crippen molar-refractivity contribution in [3.05, 3.63) is 17.0 Å². The lowest BCUT2D eigenvalue weighted by Crippen LogP contribution is -2.44. The van der Waals surface area contributed by atoms with Gasteiger partial charge < -0.3 is 0 Å². The molecule has 1 fully saturated rings. The van der Waals surface area contributed by atoms with Crippen molar-refractivity contribution in [3.8, 4) is 11.3 Å². The zero-order valence-corrected chi connectivity index (χ0v) is 14.2. The zero-order valence-electron chi connectivity index (χ0n) is 13.5. The predicted octanol–water partition coefficient (Wildman–Crippen LogP) is 3.86. The number of aryl methyl sites for hydroxylation is 2. The van der Waals surface area contributed by atoms with Crippen LogP contribution < -0.4 is 0 Å². The molecule has 0 aromatic carbocycles. The van der Waals surface area contributed by atoms with Gasteiger partial charge in [0.2, 0.25) is 0 Å². The van der Waals surface area contributed by atoms with Gasteiger partial charge in [0.25, 0.3) is 5.92 Å². The Labute approximate surface area is 138 Å². The van der Waals surface area contributed by atoms with Crippen molar-refractivity contribution >= 4 is 11.6 Å². The molecule has 0 amide bonds. The molecule has 1 saturated carbocycles. The van der Waals surface area contributed by atoms with Crippen LogP contribution in [-0.2, 0) is 13.6 Å². The van der Waals surface area contributed by atoms with E-state index in [1.807, 2.05) is 6.92 Å². The highest BCUT2D eigenvalue weighted by atomic mass is 35.5. The molecule has 5 nitrogen and oxygen atoms in total. The molecule has 2 aromatic heterocycles. The van der Waals surface area contributed by atoms with Gasteiger partial charge in [-0.25, -0.2) is 8.78 Å². The number of alkyl halides is 2. The Morgan fingerprint density at radius 3 is 2.61 bits per heavy atom. The van der Waals surface area contributed by atoms with Gasteiger partial charge in [-0.1, -0.05) is 30.2 Å². The van der Waals surface area contributed by atoms with E-state index in [1.165, 1.54) is 4.68 Å². The molecule has 0 radical (unpaired) electrons. The molecule has 0 spiro atoms. The average molecular weight is 344 g/mol. The molecule has 1 aliphatic rings. The van der Waals surface area contributed by atoms with Gasteiger partial charge in [-0.15, -0.1) is 5.10 Å². The van der Waals surface area contributed by atoms with Crippen LogP contribution in [0.4, 0.5) is 8.78 Å². The Hall–Kier alpha value is -1.50. The molecule has 0 saturated heterocycles. The van der Waals surface area contributed by atoms with E-state index in [1.54, 1.807) is 24.9 Å². The summed E-state index contributed by atoms with van der Waals surface area (Å²) >= 11 is 6.23. The highest BCUT2D eigenvalue weighted by Gasteiger charge is 2.51. The SMILES string of the molecule is Cc1nn(C)c(Cl)c1-c1cn(CC2(C)CCCCC2(F)F)nn1. The van der Waals surface area contributed by atoms with Crippen LogP contribution in [0.25, 0.3) is 11.3 Å². The van der Waals surface area contributed by atoms with E-state index in [-0.39, 0.29) is 13.0 Å². The van der Waals surface area contributed by atoms with Gasteiger partial charge in [-0.05, 0) is 19.8 Å². The Morgan fingerprint density at radius 2 is 2.00 bits per heavy atom. The third-order valence-corrected chi connectivity index (χ3v) is 5.24. The summed E-state index contributed by atoms with van der Waals surface area (Å²) in [6.45, 7) is 3.61. The van der Waals surface area contributed by atoms with E-state index >= 15 is 0 Å². The number of rotatable bonds is 3. The van der Waals surface area contributed by atoms with E-state index in [4.69, 9.17) is 11.6 Å². The van der Waals surface area contributed by atoms with Gasteiger partial charge in [-0.3, -0.25) is 9.36 Å². The highest BCUT2D eigenvalue weighted by Crippen LogP contribution is 2.48. The van der Waals surface area contributed by atoms with E-state index < -0.39 is 11.3 Å². The van der Waals surface area contributed by atoms with Crippen LogP contribution in [0.1, 0.15) is 38.3 Å². The fraction of sp³-hybridized carbons (Fsp3) is 0.667. The van der Waals surface area contributed by atoms with Crippen LogP contribution >= 0.6 is 11.6 Å². The lowest BCUT2D eigenvalue weighted by Gasteiger charge is -2.40. The third-order valence-electron chi connectivity index (χ3n) is 4.81. The van der Waals surface area contributed by atoms with Crippen LogP contribution in [0.2, 0.25) is 5.15 Å². The third kappa shape index (κ3) is 2.75. The summed E-state index contributed by atoms with van der Waals surface area (Å²) in [4.78, 5) is 0. The van der Waals surface area contributed by atoms with Gasteiger partial charge in [0.05, 0.1) is 29.4 Å². The van der Waals surface area contributed by atoms with Crippen molar-refractivity contribution in [2.24, 2.45) is 12.5 Å². The van der Waals surface area contributed by atoms with Crippen molar-refractivity contribution < 1.29 is 8.78 Å². The normalized spacial score (nSPS) is 24.1. The molecule has 2 heterocycles. The van der Waals surface area contributed by atoms with Gasteiger partial charge in [0.15, 0.2) is 0 Å². The van der Waals surface area contributed by atoms with Crippen molar-refractivity contribution in [1.82, 2.24) is 24.8 Å². The monoisotopic (exact) mass is 343 g/mol. The second kappa shape index (κ2) is 5.54. The molecule has 3 rings (SSSR count). The molecular formula is C15H20ClF2N5. The van der Waals surface area contributed by atoms with Crippen molar-refractivity contribution in [2.45, 2.75) is 52.0 Å². The molecule has 0 aliphatic heterocycles. The molecule has 1 unspecified atom stereocenters. The van der Waals surface area contributed by atoms with Crippen LogP contribution in [0, 0.1) is 12.3 Å². The molecule has 1 aliphatic carbocycles. The smallest absolute Gasteiger partial charge is 0.255 e. The first-order chi connectivity index (χ1) is 10.7. The molecule has 0 bridgehead atoms. The van der Waals surface area contributed by atoms with E-state index in [9.17, 15) is 8.78 Å². The van der Waals surface area contributed by atoms with Gasteiger partial charge >= 0.3 is 0 Å². The average Bonchev–Trinajstić information content (AvgIpc) is 2.99. The standard InChI is InChI=1S/C15H20ClF2N5/c1-10-12(13(16)22(3)20-10)11-8-23(21-19-11)9-14(2)6-4-5-7-15(14,17)18/h8H,4-7,9H2,1-3H3. The summed E-state index contributed by atoms with van der Waals surface area (Å²) in [5.74, 6) is -2.68. The second-order valence-electron chi connectivity index (χ2n) is 6.65. The predicted molar refractivity (Wildman–Crippen MR) is 83.5 cm³/mol. The maximum Gasteiger partial charge on any atom is 0.255 e. The number of hydrogen-bond acceptors (Lipinski definition) is 3. The Morgan fingerprint density at radius 1 is 1.30 bits per heavy atom. The van der Waals surface area contributed by atoms with E-state index in [0.29, 0.717) is 29.3 Å². The fourth-order valence-corrected chi connectivity index (χ4v) is 3.58. The van der Waals surface area contributed by atoms with Crippen molar-refractivity contribution in [1.29, 1.82) is 0 Å². The van der Waals surface area contributed by atoms with Gasteiger partial charge in [-0.2, -0.15) is 5.10 Å². The number of aromatic nitrogens is 5. The first-order valence-electron chi connectivity index (χ1n) is 7.71. The number of halogens is 3. The Kier molecular flexibility index (Phi) is 3.94. The Balaban J connectivity index is 1.88. The molecule has 8 heteroatoms. The van der Waals surface area contributed by atoms with E-state index in [0.717, 1.165) is 12.1 Å². The highest BCUT2D eigenvalue weighted by molar-refractivity contribution is 6.32. The first kappa shape index (κ1) is 16.4. The van der Waals surface area contributed by atoms with Crippen LogP contribution in [0.5, 0.6) is 0 Å². The molecular weight excluding hydrogens is 324 g/mol. The number of hydrogen-bond donors (Lipinski definition) is 0. The van der Waals surface area contributed by atoms with Gasteiger partial charge in [0.1, 0.15) is 10.8 Å². The molecule has 126 valence electrons. The maximum absolute atomic E-state index is 14.3. The Bertz CT molecular complexity index is 724. The van der Waals surface area contributed by atoms with Crippen LogP contribution in [0.15, 0.2) is 6.20 Å². The van der Waals surface area contributed by atoms with Crippen LogP contribution in [-0.4, -0.2) is 30.7 Å². The summed E-state index contributed by atoms with van der Waals surface area (Å²) in [6, 6.07) is 0. The molecule has 23 heavy (non-hydrogen) atoms. The lowest BCUT2D eigenvalue weighted by molar-refractivity contribution is -0.149. The molecule has 1 atom stereocenters. The molecule has 0 N–H and O–H groups in total. The summed E-state index contributed by atoms with van der Waals surface area (Å²) in [5, 5.41) is 12.8. The van der Waals surface area contributed by atoms with Crippen molar-refractivity contribution in [3.63, 3.8) is 0 Å². The van der Waals surface area contributed by atoms with Crippen molar-refractivity contribution in [2.75, 3.05) is 0 Å². The quantitative estimate of drug-likeness (QED) is 0.850. The maximum atomic E-state index is 14.3. The second-order valence-corrected chi connectivity index (χ2v) is 7.01. The minimum atomic E-state index is -2.68. The first-order valence-corrected chi connectivity index (χ1v) is 8.09. The molecule has 2 aromatic rings. The minimum absolute atomic E-state index is 0.0569. The summed E-state index contributed by atoms with van der Waals surface area (Å²) in [6.07, 6.45) is 3.50. The fourth-order valence-electron chi connectivity index (χ4n) is 3.31.